The molecule has 2 N–H and O–H groups in total. The highest BCUT2D eigenvalue weighted by Crippen LogP contribution is 2.35. The molecule has 1 aliphatic carbocycles. The lowest BCUT2D eigenvalue weighted by atomic mass is 9.81. The first-order valence-electron chi connectivity index (χ1n) is 13.1. The van der Waals surface area contributed by atoms with Crippen LogP contribution in [0.2, 0.25) is 0 Å². The highest BCUT2D eigenvalue weighted by atomic mass is 32.2. The van der Waals surface area contributed by atoms with Crippen LogP contribution in [0.1, 0.15) is 45.1 Å². The number of sulfone groups is 1. The molecule has 1 aliphatic rings. The van der Waals surface area contributed by atoms with Crippen molar-refractivity contribution in [1.82, 2.24) is 10.2 Å². The number of amides is 2. The Kier molecular flexibility index (Phi) is 10.2. The van der Waals surface area contributed by atoms with Crippen molar-refractivity contribution in [2.24, 2.45) is 5.92 Å². The van der Waals surface area contributed by atoms with E-state index in [9.17, 15) is 31.2 Å². The normalized spacial score (nSPS) is 19.9. The van der Waals surface area contributed by atoms with Gasteiger partial charge in [-0.15, -0.1) is 0 Å². The standard InChI is InChI=1S/C28H36F3N3O5S/c1-18(2)34(3)21-11-12-23(19(14-21)17-40(37,38)22-8-6-5-7-9-22)32-26(35)16-27(36)33-24-15-20(28(29,30)31)10-13-25(24)39-4/h5-10,13,15,18-19,21,23H,11-12,14,16-17H2,1-4H3,(H,32,35)(H,33,36)/t19-,21+,23-/m0/s1. The molecule has 3 atom stereocenters. The Bertz CT molecular complexity index is 1290. The Morgan fingerprint density at radius 3 is 2.35 bits per heavy atom. The zero-order chi connectivity index (χ0) is 29.7. The Hall–Kier alpha value is -3.12. The van der Waals surface area contributed by atoms with Gasteiger partial charge in [-0.3, -0.25) is 9.59 Å². The average Bonchev–Trinajstić information content (AvgIpc) is 2.88. The topological polar surface area (TPSA) is 105 Å². The van der Waals surface area contributed by atoms with Crippen LogP contribution in [0, 0.1) is 5.92 Å². The van der Waals surface area contributed by atoms with Crippen molar-refractivity contribution in [3.8, 4) is 5.75 Å². The fourth-order valence-electron chi connectivity index (χ4n) is 4.99. The quantitative estimate of drug-likeness (QED) is 0.399. The number of nitrogens with zero attached hydrogens (tertiary/aromatic N) is 1. The highest BCUT2D eigenvalue weighted by Gasteiger charge is 2.37. The van der Waals surface area contributed by atoms with E-state index in [1.54, 1.807) is 18.2 Å². The average molecular weight is 584 g/mol. The first-order valence-corrected chi connectivity index (χ1v) is 14.7. The van der Waals surface area contributed by atoms with E-state index in [1.807, 2.05) is 7.05 Å². The fraction of sp³-hybridized carbons (Fsp3) is 0.500. The molecule has 1 saturated carbocycles. The van der Waals surface area contributed by atoms with Gasteiger partial charge in [0.1, 0.15) is 12.2 Å². The molecule has 8 nitrogen and oxygen atoms in total. The van der Waals surface area contributed by atoms with Crippen LogP contribution < -0.4 is 15.4 Å². The van der Waals surface area contributed by atoms with Gasteiger partial charge in [0.2, 0.25) is 11.8 Å². The van der Waals surface area contributed by atoms with E-state index in [1.165, 1.54) is 19.2 Å². The van der Waals surface area contributed by atoms with Gasteiger partial charge in [-0.1, -0.05) is 18.2 Å². The van der Waals surface area contributed by atoms with Crippen LogP contribution in [0.4, 0.5) is 18.9 Å². The molecule has 2 aromatic rings. The van der Waals surface area contributed by atoms with Crippen LogP contribution in [-0.2, 0) is 25.6 Å². The Balaban J connectivity index is 1.72. The van der Waals surface area contributed by atoms with Gasteiger partial charge in [0.05, 0.1) is 29.0 Å². The molecule has 40 heavy (non-hydrogen) atoms. The van der Waals surface area contributed by atoms with E-state index in [0.29, 0.717) is 12.8 Å². The number of carbonyl (C=O) groups is 2. The second-order valence-corrected chi connectivity index (χ2v) is 12.4. The molecule has 0 aliphatic heterocycles. The first-order chi connectivity index (χ1) is 18.7. The number of anilines is 1. The maximum Gasteiger partial charge on any atom is 0.416 e. The second-order valence-electron chi connectivity index (χ2n) is 10.4. The third-order valence-corrected chi connectivity index (χ3v) is 9.21. The first kappa shape index (κ1) is 31.4. The molecule has 2 amide bonds. The van der Waals surface area contributed by atoms with Crippen LogP contribution in [0.15, 0.2) is 53.4 Å². The molecule has 0 spiro atoms. The molecule has 3 rings (SSSR count). The minimum absolute atomic E-state index is 0.0144. The number of nitrogens with one attached hydrogen (secondary N) is 2. The lowest BCUT2D eigenvalue weighted by Gasteiger charge is -2.41. The monoisotopic (exact) mass is 583 g/mol. The summed E-state index contributed by atoms with van der Waals surface area (Å²) in [6, 6.07) is 10.7. The molecule has 0 unspecified atom stereocenters. The third kappa shape index (κ3) is 8.20. The molecule has 12 heteroatoms. The Morgan fingerprint density at radius 1 is 1.07 bits per heavy atom. The molecular formula is C28H36F3N3O5S. The van der Waals surface area contributed by atoms with E-state index < -0.39 is 51.8 Å². The van der Waals surface area contributed by atoms with Crippen LogP contribution in [0.5, 0.6) is 5.75 Å². The van der Waals surface area contributed by atoms with E-state index in [-0.39, 0.29) is 34.2 Å². The molecule has 0 radical (unpaired) electrons. The fourth-order valence-corrected chi connectivity index (χ4v) is 6.69. The number of hydrogen-bond acceptors (Lipinski definition) is 6. The summed E-state index contributed by atoms with van der Waals surface area (Å²) in [5.74, 6) is -2.03. The maximum absolute atomic E-state index is 13.2. The number of hydrogen-bond donors (Lipinski definition) is 2. The lowest BCUT2D eigenvalue weighted by molar-refractivity contribution is -0.137. The third-order valence-electron chi connectivity index (χ3n) is 7.35. The lowest BCUT2D eigenvalue weighted by Crippen LogP contribution is -2.51. The molecule has 0 bridgehead atoms. The summed E-state index contributed by atoms with van der Waals surface area (Å²) in [6.07, 6.45) is -3.48. The largest absolute Gasteiger partial charge is 0.495 e. The molecular weight excluding hydrogens is 547 g/mol. The summed E-state index contributed by atoms with van der Waals surface area (Å²) in [4.78, 5) is 27.8. The second kappa shape index (κ2) is 13.0. The van der Waals surface area contributed by atoms with Gasteiger partial charge in [0.25, 0.3) is 0 Å². The predicted molar refractivity (Wildman–Crippen MR) is 146 cm³/mol. The minimum Gasteiger partial charge on any atom is -0.495 e. The van der Waals surface area contributed by atoms with Crippen LogP contribution >= 0.6 is 0 Å². The number of halogens is 3. The van der Waals surface area contributed by atoms with Gasteiger partial charge in [-0.2, -0.15) is 13.2 Å². The van der Waals surface area contributed by atoms with Crippen molar-refractivity contribution in [1.29, 1.82) is 0 Å². The van der Waals surface area contributed by atoms with Gasteiger partial charge in [0.15, 0.2) is 9.84 Å². The summed E-state index contributed by atoms with van der Waals surface area (Å²) in [7, 11) is -0.399. The van der Waals surface area contributed by atoms with Crippen molar-refractivity contribution in [2.45, 2.75) is 68.7 Å². The van der Waals surface area contributed by atoms with Gasteiger partial charge < -0.3 is 20.3 Å². The summed E-state index contributed by atoms with van der Waals surface area (Å²) in [6.45, 7) is 4.11. The number of carbonyl (C=O) groups excluding carboxylic acids is 2. The van der Waals surface area contributed by atoms with Crippen molar-refractivity contribution in [3.05, 3.63) is 54.1 Å². The number of methoxy groups -OCH3 is 1. The van der Waals surface area contributed by atoms with E-state index >= 15 is 0 Å². The predicted octanol–water partition coefficient (Wildman–Crippen LogP) is 4.51. The Labute approximate surface area is 233 Å². The van der Waals surface area contributed by atoms with Gasteiger partial charge in [-0.25, -0.2) is 8.42 Å². The summed E-state index contributed by atoms with van der Waals surface area (Å²) in [5, 5.41) is 5.14. The summed E-state index contributed by atoms with van der Waals surface area (Å²) >= 11 is 0. The zero-order valence-electron chi connectivity index (χ0n) is 23.0. The number of ether oxygens (including phenoxy) is 1. The van der Waals surface area contributed by atoms with Crippen LogP contribution in [-0.4, -0.2) is 63.2 Å². The van der Waals surface area contributed by atoms with Gasteiger partial charge >= 0.3 is 6.18 Å². The molecule has 2 aromatic carbocycles. The SMILES string of the molecule is COc1ccc(C(F)(F)F)cc1NC(=O)CC(=O)N[C@H]1CC[C@@H](N(C)C(C)C)C[C@H]1CS(=O)(=O)c1ccccc1. The van der Waals surface area contributed by atoms with Crippen molar-refractivity contribution in [3.63, 3.8) is 0 Å². The summed E-state index contributed by atoms with van der Waals surface area (Å²) in [5.41, 5.74) is -1.18. The number of benzene rings is 2. The summed E-state index contributed by atoms with van der Waals surface area (Å²) < 4.78 is 70.8. The Morgan fingerprint density at radius 2 is 1.75 bits per heavy atom. The molecule has 1 fully saturated rings. The maximum atomic E-state index is 13.2. The van der Waals surface area contributed by atoms with E-state index in [4.69, 9.17) is 4.74 Å². The smallest absolute Gasteiger partial charge is 0.416 e. The van der Waals surface area contributed by atoms with Crippen molar-refractivity contribution >= 4 is 27.3 Å². The van der Waals surface area contributed by atoms with Crippen molar-refractivity contribution in [2.75, 3.05) is 25.2 Å². The molecule has 0 saturated heterocycles. The number of alkyl halides is 3. The van der Waals surface area contributed by atoms with Crippen LogP contribution in [0.3, 0.4) is 0 Å². The molecule has 0 heterocycles. The molecule has 0 aromatic heterocycles. The van der Waals surface area contributed by atoms with Gasteiger partial charge in [0, 0.05) is 18.1 Å². The van der Waals surface area contributed by atoms with E-state index in [2.05, 4.69) is 29.4 Å². The zero-order valence-corrected chi connectivity index (χ0v) is 23.8. The van der Waals surface area contributed by atoms with E-state index in [0.717, 1.165) is 24.6 Å². The van der Waals surface area contributed by atoms with Gasteiger partial charge in [-0.05, 0) is 76.4 Å². The highest BCUT2D eigenvalue weighted by molar-refractivity contribution is 7.91. The number of rotatable bonds is 10. The van der Waals surface area contributed by atoms with Crippen molar-refractivity contribution < 1.29 is 35.9 Å². The molecule has 220 valence electrons. The van der Waals surface area contributed by atoms with Crippen LogP contribution in [0.25, 0.3) is 0 Å². The minimum atomic E-state index is -4.62.